The molecule has 2 unspecified atom stereocenters. The van der Waals surface area contributed by atoms with Gasteiger partial charge in [-0.3, -0.25) is 0 Å². The molecule has 0 radical (unpaired) electrons. The quantitative estimate of drug-likeness (QED) is 0.848. The summed E-state index contributed by atoms with van der Waals surface area (Å²) in [5, 5.41) is 14.0. The maximum Gasteiger partial charge on any atom is 0.0785 e. The second-order valence-electron chi connectivity index (χ2n) is 4.70. The molecule has 19 heavy (non-hydrogen) atoms. The number of nitrogens with one attached hydrogen (secondary N) is 1. The van der Waals surface area contributed by atoms with Crippen molar-refractivity contribution in [3.63, 3.8) is 0 Å². The molecule has 0 fully saturated rings. The fraction of sp³-hybridized carbons (Fsp3) is 0.571. The average molecular weight is 302 g/mol. The predicted molar refractivity (Wildman–Crippen MR) is 80.0 cm³/mol. The van der Waals surface area contributed by atoms with Gasteiger partial charge in [0.1, 0.15) is 0 Å². The zero-order chi connectivity index (χ0) is 13.7. The summed E-state index contributed by atoms with van der Waals surface area (Å²) in [4.78, 5) is 1.20. The molecule has 106 valence electrons. The topological polar surface area (TPSA) is 41.5 Å². The van der Waals surface area contributed by atoms with Crippen molar-refractivity contribution < 1.29 is 9.84 Å². The molecule has 0 saturated carbocycles. The number of ether oxygens (including phenoxy) is 1. The van der Waals surface area contributed by atoms with Gasteiger partial charge in [0, 0.05) is 18.0 Å². The Labute approximate surface area is 123 Å². The molecule has 5 heteroatoms. The van der Waals surface area contributed by atoms with E-state index in [1.54, 1.807) is 7.11 Å². The van der Waals surface area contributed by atoms with Gasteiger partial charge in [0.05, 0.1) is 17.7 Å². The van der Waals surface area contributed by atoms with Crippen molar-refractivity contribution in [2.24, 2.45) is 0 Å². The van der Waals surface area contributed by atoms with E-state index in [1.165, 1.54) is 10.5 Å². The zero-order valence-corrected chi connectivity index (χ0v) is 12.6. The standard InChI is InChI=1S/C14H20ClNO2S/c1-18-9-10(17)5-7-16-13-6-8-19-14-11(13)3-2-4-12(14)15/h2-4,10,13,16-17H,5-9H2,1H3. The summed E-state index contributed by atoms with van der Waals surface area (Å²) in [6.45, 7) is 1.18. The number of benzene rings is 1. The third-order valence-corrected chi connectivity index (χ3v) is 4.86. The molecule has 2 rings (SSSR count). The van der Waals surface area contributed by atoms with Crippen LogP contribution in [0, 0.1) is 0 Å². The molecular weight excluding hydrogens is 282 g/mol. The average Bonchev–Trinajstić information content (AvgIpc) is 2.40. The number of rotatable bonds is 6. The van der Waals surface area contributed by atoms with Crippen LogP contribution in [0.4, 0.5) is 0 Å². The van der Waals surface area contributed by atoms with Crippen LogP contribution in [-0.2, 0) is 4.74 Å². The molecule has 0 aliphatic carbocycles. The Morgan fingerprint density at radius 2 is 2.42 bits per heavy atom. The number of aliphatic hydroxyl groups excluding tert-OH is 1. The van der Waals surface area contributed by atoms with Crippen LogP contribution in [-0.4, -0.2) is 37.2 Å². The van der Waals surface area contributed by atoms with Gasteiger partial charge in [-0.1, -0.05) is 23.7 Å². The number of thioether (sulfide) groups is 1. The van der Waals surface area contributed by atoms with Crippen LogP contribution in [0.5, 0.6) is 0 Å². The normalized spacial score (nSPS) is 20.1. The fourth-order valence-electron chi connectivity index (χ4n) is 2.30. The largest absolute Gasteiger partial charge is 0.391 e. The Bertz CT molecular complexity index is 416. The summed E-state index contributed by atoms with van der Waals surface area (Å²) in [7, 11) is 1.60. The lowest BCUT2D eigenvalue weighted by atomic mass is 10.0. The van der Waals surface area contributed by atoms with Gasteiger partial charge >= 0.3 is 0 Å². The highest BCUT2D eigenvalue weighted by Crippen LogP contribution is 2.40. The van der Waals surface area contributed by atoms with E-state index >= 15 is 0 Å². The van der Waals surface area contributed by atoms with E-state index in [0.29, 0.717) is 19.1 Å². The van der Waals surface area contributed by atoms with E-state index in [1.807, 2.05) is 23.9 Å². The molecule has 1 aliphatic rings. The fourth-order valence-corrected chi connectivity index (χ4v) is 3.78. The number of hydrogen-bond acceptors (Lipinski definition) is 4. The lowest BCUT2D eigenvalue weighted by molar-refractivity contribution is 0.0589. The molecule has 0 spiro atoms. The second kappa shape index (κ2) is 7.50. The molecule has 2 N–H and O–H groups in total. The summed E-state index contributed by atoms with van der Waals surface area (Å²) in [5.41, 5.74) is 1.28. The van der Waals surface area contributed by atoms with Gasteiger partial charge in [-0.25, -0.2) is 0 Å². The van der Waals surface area contributed by atoms with Gasteiger partial charge in [0.2, 0.25) is 0 Å². The Morgan fingerprint density at radius 3 is 3.21 bits per heavy atom. The first-order valence-corrected chi connectivity index (χ1v) is 7.90. The number of aliphatic hydroxyl groups is 1. The molecule has 1 aromatic rings. The van der Waals surface area contributed by atoms with Crippen molar-refractivity contribution in [3.8, 4) is 0 Å². The molecule has 1 aromatic carbocycles. The highest BCUT2D eigenvalue weighted by atomic mass is 35.5. The van der Waals surface area contributed by atoms with E-state index < -0.39 is 6.10 Å². The van der Waals surface area contributed by atoms with Crippen molar-refractivity contribution in [2.75, 3.05) is 26.0 Å². The van der Waals surface area contributed by atoms with Crippen LogP contribution in [0.1, 0.15) is 24.4 Å². The molecule has 1 aliphatic heterocycles. The minimum absolute atomic E-state index is 0.338. The lowest BCUT2D eigenvalue weighted by Crippen LogP contribution is -2.28. The predicted octanol–water partition coefficient (Wildman–Crippen LogP) is 2.86. The first-order valence-electron chi connectivity index (χ1n) is 6.54. The molecule has 0 aromatic heterocycles. The summed E-state index contributed by atoms with van der Waals surface area (Å²) < 4.78 is 4.92. The van der Waals surface area contributed by atoms with Gasteiger partial charge in [0.15, 0.2) is 0 Å². The van der Waals surface area contributed by atoms with Crippen molar-refractivity contribution >= 4 is 23.4 Å². The van der Waals surface area contributed by atoms with Crippen LogP contribution in [0.15, 0.2) is 23.1 Å². The summed E-state index contributed by atoms with van der Waals surface area (Å²) >= 11 is 8.05. The summed E-state index contributed by atoms with van der Waals surface area (Å²) in [6, 6.07) is 6.42. The van der Waals surface area contributed by atoms with Gasteiger partial charge in [-0.05, 0) is 36.8 Å². The third-order valence-electron chi connectivity index (χ3n) is 3.25. The maximum atomic E-state index is 9.63. The Kier molecular flexibility index (Phi) is 5.98. The highest BCUT2D eigenvalue weighted by molar-refractivity contribution is 7.99. The highest BCUT2D eigenvalue weighted by Gasteiger charge is 2.21. The van der Waals surface area contributed by atoms with E-state index in [4.69, 9.17) is 16.3 Å². The molecule has 0 bridgehead atoms. The van der Waals surface area contributed by atoms with E-state index in [-0.39, 0.29) is 0 Å². The number of halogens is 1. The zero-order valence-electron chi connectivity index (χ0n) is 11.1. The van der Waals surface area contributed by atoms with Crippen LogP contribution in [0.2, 0.25) is 5.02 Å². The smallest absolute Gasteiger partial charge is 0.0785 e. The molecule has 3 nitrogen and oxygen atoms in total. The molecule has 1 heterocycles. The summed E-state index contributed by atoms with van der Waals surface area (Å²) in [5.74, 6) is 1.08. The van der Waals surface area contributed by atoms with Gasteiger partial charge in [-0.2, -0.15) is 0 Å². The lowest BCUT2D eigenvalue weighted by Gasteiger charge is -2.27. The Hall–Kier alpha value is -0.260. The monoisotopic (exact) mass is 301 g/mol. The van der Waals surface area contributed by atoms with E-state index in [9.17, 15) is 5.11 Å². The Morgan fingerprint density at radius 1 is 1.58 bits per heavy atom. The molecule has 2 atom stereocenters. The van der Waals surface area contributed by atoms with Gasteiger partial charge in [0.25, 0.3) is 0 Å². The first-order chi connectivity index (χ1) is 9.22. The number of methoxy groups -OCH3 is 1. The van der Waals surface area contributed by atoms with Gasteiger partial charge < -0.3 is 15.2 Å². The van der Waals surface area contributed by atoms with E-state index in [2.05, 4.69) is 11.4 Å². The molecule has 0 amide bonds. The van der Waals surface area contributed by atoms with Crippen LogP contribution in [0.3, 0.4) is 0 Å². The minimum Gasteiger partial charge on any atom is -0.391 e. The molecule has 0 saturated heterocycles. The van der Waals surface area contributed by atoms with Crippen LogP contribution in [0.25, 0.3) is 0 Å². The Balaban J connectivity index is 1.91. The third kappa shape index (κ3) is 4.10. The maximum absolute atomic E-state index is 9.63. The summed E-state index contributed by atoms with van der Waals surface area (Å²) in [6.07, 6.45) is 1.40. The van der Waals surface area contributed by atoms with Crippen molar-refractivity contribution in [1.29, 1.82) is 0 Å². The van der Waals surface area contributed by atoms with Crippen molar-refractivity contribution in [1.82, 2.24) is 5.32 Å². The second-order valence-corrected chi connectivity index (χ2v) is 6.21. The SMILES string of the molecule is COCC(O)CCNC1CCSc2c(Cl)cccc21. The van der Waals surface area contributed by atoms with Gasteiger partial charge in [-0.15, -0.1) is 11.8 Å². The van der Waals surface area contributed by atoms with E-state index in [0.717, 1.165) is 23.7 Å². The van der Waals surface area contributed by atoms with Crippen LogP contribution >= 0.6 is 23.4 Å². The van der Waals surface area contributed by atoms with Crippen molar-refractivity contribution in [2.45, 2.75) is 29.9 Å². The first kappa shape index (κ1) is 15.1. The number of fused-ring (bicyclic) bond motifs is 1. The minimum atomic E-state index is -0.394. The van der Waals surface area contributed by atoms with Crippen molar-refractivity contribution in [3.05, 3.63) is 28.8 Å². The number of hydrogen-bond donors (Lipinski definition) is 2. The molecular formula is C14H20ClNO2S. The van der Waals surface area contributed by atoms with Crippen LogP contribution < -0.4 is 5.32 Å².